The monoisotopic (exact) mass is 460 g/mol. The van der Waals surface area contributed by atoms with Gasteiger partial charge in [-0.1, -0.05) is 0 Å². The average molecular weight is 461 g/mol. The van der Waals surface area contributed by atoms with Crippen LogP contribution in [0, 0.1) is 6.92 Å². The molecule has 0 radical (unpaired) electrons. The van der Waals surface area contributed by atoms with Crippen molar-refractivity contribution in [3.05, 3.63) is 22.1 Å². The molecule has 0 aliphatic carbocycles. The lowest BCUT2D eigenvalue weighted by Crippen LogP contribution is -2.37. The fraction of sp³-hybridized carbons (Fsp3) is 0.684. The van der Waals surface area contributed by atoms with E-state index in [1.165, 1.54) is 13.8 Å². The Morgan fingerprint density at radius 3 is 2.58 bits per heavy atom. The molecular formula is C19H28N2O9S. The van der Waals surface area contributed by atoms with E-state index >= 15 is 0 Å². The Balaban J connectivity index is 1.53. The summed E-state index contributed by atoms with van der Waals surface area (Å²) in [5.74, 6) is -1.60. The molecule has 0 aromatic carbocycles. The zero-order chi connectivity index (χ0) is 22.6. The van der Waals surface area contributed by atoms with Gasteiger partial charge in [0.25, 0.3) is 0 Å². The summed E-state index contributed by atoms with van der Waals surface area (Å²) in [5.41, 5.74) is 0. The molecular weight excluding hydrogens is 432 g/mol. The minimum absolute atomic E-state index is 0.101. The van der Waals surface area contributed by atoms with Crippen LogP contribution in [0.15, 0.2) is 13.6 Å². The third kappa shape index (κ3) is 9.57. The van der Waals surface area contributed by atoms with Gasteiger partial charge >= 0.3 is 17.1 Å². The van der Waals surface area contributed by atoms with Gasteiger partial charge in [-0.2, -0.15) is 0 Å². The molecule has 2 rings (SSSR count). The fourth-order valence-electron chi connectivity index (χ4n) is 2.66. The van der Waals surface area contributed by atoms with Crippen LogP contribution < -0.4 is 11.1 Å². The summed E-state index contributed by atoms with van der Waals surface area (Å²) in [4.78, 5) is 48.8. The van der Waals surface area contributed by atoms with E-state index in [1.807, 2.05) is 0 Å². The molecule has 174 valence electrons. The van der Waals surface area contributed by atoms with Gasteiger partial charge in [0.05, 0.1) is 25.1 Å². The van der Waals surface area contributed by atoms with Crippen LogP contribution in [0.2, 0.25) is 0 Å². The molecule has 0 bridgehead atoms. The number of carbonyl (C=O) groups excluding carboxylic acids is 3. The van der Waals surface area contributed by atoms with Crippen molar-refractivity contribution in [3.8, 4) is 0 Å². The minimum atomic E-state index is -0.882. The predicted molar refractivity (Wildman–Crippen MR) is 110 cm³/mol. The van der Waals surface area contributed by atoms with Crippen LogP contribution in [0.1, 0.15) is 31.3 Å². The maximum Gasteiger partial charge on any atom is 0.519 e. The summed E-state index contributed by atoms with van der Waals surface area (Å²) >= 11 is 0.640. The van der Waals surface area contributed by atoms with Crippen LogP contribution in [0.4, 0.5) is 4.79 Å². The van der Waals surface area contributed by atoms with Gasteiger partial charge in [-0.25, -0.2) is 9.59 Å². The number of unbranched alkanes of at least 4 members (excludes halogenated alkanes) is 1. The lowest BCUT2D eigenvalue weighted by Gasteiger charge is -2.26. The first kappa shape index (κ1) is 25.0. The van der Waals surface area contributed by atoms with Gasteiger partial charge in [0.2, 0.25) is 5.91 Å². The van der Waals surface area contributed by atoms with E-state index in [0.29, 0.717) is 18.4 Å². The number of esters is 1. The quantitative estimate of drug-likeness (QED) is 0.375. The summed E-state index contributed by atoms with van der Waals surface area (Å²) in [6, 6.07) is 0. The third-order valence-electron chi connectivity index (χ3n) is 4.44. The second-order valence-electron chi connectivity index (χ2n) is 6.83. The van der Waals surface area contributed by atoms with Gasteiger partial charge in [0.15, 0.2) is 18.1 Å². The number of nitrogens with zero attached hydrogens (tertiary/aromatic N) is 1. The molecule has 11 nitrogen and oxygen atoms in total. The van der Waals surface area contributed by atoms with Crippen LogP contribution in [0.5, 0.6) is 0 Å². The van der Waals surface area contributed by atoms with Gasteiger partial charge in [-0.15, -0.1) is 0 Å². The number of nitrogens with one attached hydrogen (secondary N) is 1. The van der Waals surface area contributed by atoms with E-state index in [0.717, 1.165) is 45.7 Å². The number of hydrogen-bond acceptors (Lipinski definition) is 11. The normalized spacial score (nSPS) is 15.3. The molecule has 1 unspecified atom stereocenters. The van der Waals surface area contributed by atoms with Gasteiger partial charge < -0.3 is 28.4 Å². The van der Waals surface area contributed by atoms with Crippen molar-refractivity contribution < 1.29 is 37.4 Å². The zero-order valence-electron chi connectivity index (χ0n) is 17.7. The van der Waals surface area contributed by atoms with Gasteiger partial charge in [-0.05, 0) is 45.0 Å². The van der Waals surface area contributed by atoms with Crippen LogP contribution in [-0.2, 0) is 30.4 Å². The average Bonchev–Trinajstić information content (AvgIpc) is 3.07. The summed E-state index contributed by atoms with van der Waals surface area (Å²) < 4.78 is 24.7. The zero-order valence-corrected chi connectivity index (χ0v) is 18.5. The maximum atomic E-state index is 12.0. The molecule has 1 aliphatic rings. The molecule has 1 aromatic heterocycles. The first-order chi connectivity index (χ1) is 14.8. The number of morpholine rings is 1. The first-order valence-electron chi connectivity index (χ1n) is 10.0. The predicted octanol–water partition coefficient (Wildman–Crippen LogP) is 1.07. The number of aryl methyl sites for hydroxylation is 1. The number of rotatable bonds is 11. The van der Waals surface area contributed by atoms with E-state index in [1.54, 1.807) is 0 Å². The number of amides is 1. The molecule has 12 heteroatoms. The lowest BCUT2D eigenvalue weighted by atomic mass is 10.3. The van der Waals surface area contributed by atoms with Crippen molar-refractivity contribution in [2.24, 2.45) is 0 Å². The third-order valence-corrected chi connectivity index (χ3v) is 5.32. The van der Waals surface area contributed by atoms with Crippen molar-refractivity contribution in [3.63, 3.8) is 0 Å². The smallest absolute Gasteiger partial charge is 0.464 e. The molecule has 1 aromatic rings. The van der Waals surface area contributed by atoms with Crippen LogP contribution in [0.3, 0.4) is 0 Å². The van der Waals surface area contributed by atoms with Gasteiger partial charge in [0.1, 0.15) is 6.54 Å². The SMILES string of the molecule is Cc1oc(=O)oc1COC(=O)SC(C)C(=O)NCC(=O)OCCCCN1CCOCC1. The topological polar surface area (TPSA) is 138 Å². The first-order valence-corrected chi connectivity index (χ1v) is 10.9. The van der Waals surface area contributed by atoms with Crippen molar-refractivity contribution in [2.45, 2.75) is 38.5 Å². The number of hydrogen-bond donors (Lipinski definition) is 1. The van der Waals surface area contributed by atoms with E-state index in [-0.39, 0.29) is 24.7 Å². The fourth-order valence-corrected chi connectivity index (χ4v) is 3.27. The number of ether oxygens (including phenoxy) is 3. The number of thioether (sulfide) groups is 1. The highest BCUT2D eigenvalue weighted by Crippen LogP contribution is 2.16. The molecule has 2 heterocycles. The lowest BCUT2D eigenvalue weighted by molar-refractivity contribution is -0.144. The van der Waals surface area contributed by atoms with Crippen LogP contribution >= 0.6 is 11.8 Å². The van der Waals surface area contributed by atoms with Crippen molar-refractivity contribution in [1.82, 2.24) is 10.2 Å². The number of carbonyl (C=O) groups is 3. The molecule has 1 atom stereocenters. The van der Waals surface area contributed by atoms with Crippen LogP contribution in [-0.4, -0.2) is 73.3 Å². The molecule has 1 aliphatic heterocycles. The van der Waals surface area contributed by atoms with Gasteiger partial charge in [0, 0.05) is 13.1 Å². The Bertz CT molecular complexity index is 786. The molecule has 0 spiro atoms. The molecule has 1 amide bonds. The Kier molecular flexibility index (Phi) is 10.6. The standard InChI is InChI=1S/C19H28N2O9S/c1-13-15(30-18(24)29-13)12-28-19(25)31-14(2)17(23)20-11-16(22)27-8-4-3-5-21-6-9-26-10-7-21/h14H,3-12H2,1-2H3,(H,20,23). The summed E-state index contributed by atoms with van der Waals surface area (Å²) in [7, 11) is 0. The van der Waals surface area contributed by atoms with Crippen molar-refractivity contribution in [2.75, 3.05) is 46.0 Å². The van der Waals surface area contributed by atoms with Gasteiger partial charge in [-0.3, -0.25) is 14.5 Å². The Hall–Kier alpha value is -2.31. The largest absolute Gasteiger partial charge is 0.519 e. The highest BCUT2D eigenvalue weighted by molar-refractivity contribution is 8.14. The Morgan fingerprint density at radius 1 is 1.16 bits per heavy atom. The molecule has 1 fully saturated rings. The second-order valence-corrected chi connectivity index (χ2v) is 8.11. The van der Waals surface area contributed by atoms with Crippen molar-refractivity contribution in [1.29, 1.82) is 0 Å². The highest BCUT2D eigenvalue weighted by Gasteiger charge is 2.21. The van der Waals surface area contributed by atoms with E-state index in [4.69, 9.17) is 18.6 Å². The Morgan fingerprint density at radius 2 is 1.90 bits per heavy atom. The minimum Gasteiger partial charge on any atom is -0.464 e. The Labute approximate surface area is 183 Å². The molecule has 31 heavy (non-hydrogen) atoms. The summed E-state index contributed by atoms with van der Waals surface area (Å²) in [5, 5.41) is 0.913. The van der Waals surface area contributed by atoms with Crippen molar-refractivity contribution >= 4 is 28.9 Å². The second kappa shape index (κ2) is 13.2. The summed E-state index contributed by atoms with van der Waals surface area (Å²) in [6.07, 6.45) is 1.66. The maximum absolute atomic E-state index is 12.0. The molecule has 0 saturated carbocycles. The van der Waals surface area contributed by atoms with E-state index in [2.05, 4.69) is 14.6 Å². The molecule has 1 N–H and O–H groups in total. The van der Waals surface area contributed by atoms with E-state index in [9.17, 15) is 19.2 Å². The highest BCUT2D eigenvalue weighted by atomic mass is 32.2. The van der Waals surface area contributed by atoms with Crippen LogP contribution in [0.25, 0.3) is 0 Å². The summed E-state index contributed by atoms with van der Waals surface area (Å²) in [6.45, 7) is 7.04. The molecule has 1 saturated heterocycles. The van der Waals surface area contributed by atoms with E-state index < -0.39 is 28.3 Å².